The van der Waals surface area contributed by atoms with Crippen molar-refractivity contribution in [2.24, 2.45) is 0 Å². The smallest absolute Gasteiger partial charge is 0.212 e. The van der Waals surface area contributed by atoms with Crippen molar-refractivity contribution < 1.29 is 9.84 Å². The van der Waals surface area contributed by atoms with Crippen molar-refractivity contribution in [2.45, 2.75) is 39.9 Å². The third-order valence-corrected chi connectivity index (χ3v) is 4.33. The van der Waals surface area contributed by atoms with Gasteiger partial charge in [-0.15, -0.1) is 0 Å². The van der Waals surface area contributed by atoms with Crippen LogP contribution in [-0.4, -0.2) is 19.7 Å². The third-order valence-electron chi connectivity index (χ3n) is 3.45. The maximum absolute atomic E-state index is 9.57. The molecule has 0 amide bonds. The molecule has 3 rings (SSSR count). The van der Waals surface area contributed by atoms with Crippen LogP contribution < -0.4 is 4.74 Å². The molecule has 5 nitrogen and oxygen atoms in total. The fourth-order valence-corrected chi connectivity index (χ4v) is 3.13. The predicted octanol–water partition coefficient (Wildman–Crippen LogP) is 3.29. The van der Waals surface area contributed by atoms with Crippen LogP contribution in [0.2, 0.25) is 0 Å². The molecule has 0 atom stereocenters. The van der Waals surface area contributed by atoms with Gasteiger partial charge >= 0.3 is 0 Å². The van der Waals surface area contributed by atoms with Crippen molar-refractivity contribution in [3.63, 3.8) is 0 Å². The molecule has 0 saturated carbocycles. The molecule has 0 saturated heterocycles. The lowest BCUT2D eigenvalue weighted by Crippen LogP contribution is -2.01. The molecule has 0 radical (unpaired) electrons. The fraction of sp³-hybridized carbons (Fsp3) is 0.375. The summed E-state index contributed by atoms with van der Waals surface area (Å²) in [4.78, 5) is 5.37. The molecule has 2 aromatic heterocycles. The van der Waals surface area contributed by atoms with Crippen molar-refractivity contribution in [1.82, 2.24) is 14.6 Å². The Hall–Kier alpha value is -1.92. The summed E-state index contributed by atoms with van der Waals surface area (Å²) in [6, 6.07) is 7.93. The SMILES string of the molecule is Cc1ccc(OCc2nn3c(CO)c(C(C)C)nc3s2)cc1. The van der Waals surface area contributed by atoms with Gasteiger partial charge in [-0.05, 0) is 25.0 Å². The number of fused-ring (bicyclic) bond motifs is 1. The van der Waals surface area contributed by atoms with Crippen molar-refractivity contribution in [3.8, 4) is 5.75 Å². The average molecular weight is 317 g/mol. The van der Waals surface area contributed by atoms with E-state index in [-0.39, 0.29) is 12.5 Å². The Labute approximate surface area is 133 Å². The van der Waals surface area contributed by atoms with Crippen LogP contribution in [0, 0.1) is 6.92 Å². The van der Waals surface area contributed by atoms with Crippen molar-refractivity contribution >= 4 is 16.3 Å². The Balaban J connectivity index is 1.80. The normalized spacial score (nSPS) is 11.5. The molecule has 3 aromatic rings. The minimum atomic E-state index is -0.0589. The predicted molar refractivity (Wildman–Crippen MR) is 86.4 cm³/mol. The van der Waals surface area contributed by atoms with E-state index >= 15 is 0 Å². The maximum Gasteiger partial charge on any atom is 0.212 e. The molecule has 0 unspecified atom stereocenters. The largest absolute Gasteiger partial charge is 0.486 e. The number of hydrogen-bond acceptors (Lipinski definition) is 5. The number of aliphatic hydroxyl groups is 1. The summed E-state index contributed by atoms with van der Waals surface area (Å²) < 4.78 is 7.47. The Morgan fingerprint density at radius 2 is 2.00 bits per heavy atom. The summed E-state index contributed by atoms with van der Waals surface area (Å²) in [5.74, 6) is 1.09. The summed E-state index contributed by atoms with van der Waals surface area (Å²) in [5.41, 5.74) is 2.88. The second-order valence-electron chi connectivity index (χ2n) is 5.55. The Morgan fingerprint density at radius 1 is 1.27 bits per heavy atom. The number of rotatable bonds is 5. The minimum absolute atomic E-state index is 0.0589. The van der Waals surface area contributed by atoms with E-state index < -0.39 is 0 Å². The average Bonchev–Trinajstić information content (AvgIpc) is 3.03. The van der Waals surface area contributed by atoms with Crippen LogP contribution in [0.15, 0.2) is 24.3 Å². The number of ether oxygens (including phenoxy) is 1. The Kier molecular flexibility index (Phi) is 4.13. The topological polar surface area (TPSA) is 59.7 Å². The number of nitrogens with zero attached hydrogens (tertiary/aromatic N) is 3. The number of aromatic nitrogens is 3. The molecule has 2 heterocycles. The van der Waals surface area contributed by atoms with Crippen molar-refractivity contribution in [3.05, 3.63) is 46.2 Å². The molecule has 6 heteroatoms. The lowest BCUT2D eigenvalue weighted by molar-refractivity contribution is 0.271. The Morgan fingerprint density at radius 3 is 2.64 bits per heavy atom. The zero-order valence-electron chi connectivity index (χ0n) is 12.9. The van der Waals surface area contributed by atoms with Crippen LogP contribution >= 0.6 is 11.3 Å². The number of imidazole rings is 1. The van der Waals surface area contributed by atoms with Gasteiger partial charge in [0.2, 0.25) is 4.96 Å². The zero-order chi connectivity index (χ0) is 15.7. The van der Waals surface area contributed by atoms with Crippen LogP contribution in [0.4, 0.5) is 0 Å². The van der Waals surface area contributed by atoms with E-state index in [9.17, 15) is 5.11 Å². The number of aryl methyl sites for hydroxylation is 1. The van der Waals surface area contributed by atoms with Crippen LogP contribution in [0.1, 0.15) is 41.7 Å². The fourth-order valence-electron chi connectivity index (χ4n) is 2.29. The van der Waals surface area contributed by atoms with Gasteiger partial charge in [-0.3, -0.25) is 0 Å². The summed E-state index contributed by atoms with van der Waals surface area (Å²) in [7, 11) is 0. The molecule has 1 aromatic carbocycles. The van der Waals surface area contributed by atoms with Gasteiger partial charge in [-0.25, -0.2) is 9.50 Å². The first-order chi connectivity index (χ1) is 10.6. The molecular formula is C16H19N3O2S. The lowest BCUT2D eigenvalue weighted by atomic mass is 10.1. The van der Waals surface area contributed by atoms with Gasteiger partial charge in [-0.2, -0.15) is 5.10 Å². The van der Waals surface area contributed by atoms with Gasteiger partial charge < -0.3 is 9.84 Å². The highest BCUT2D eigenvalue weighted by Gasteiger charge is 2.18. The molecule has 0 aliphatic heterocycles. The molecule has 0 spiro atoms. The van der Waals surface area contributed by atoms with Gasteiger partial charge in [0.25, 0.3) is 0 Å². The molecule has 0 aliphatic rings. The molecule has 1 N–H and O–H groups in total. The third kappa shape index (κ3) is 2.84. The molecule has 0 bridgehead atoms. The molecule has 116 valence electrons. The number of benzene rings is 1. The first-order valence-corrected chi connectivity index (χ1v) is 8.07. The Bertz CT molecular complexity index is 775. The first kappa shape index (κ1) is 15.0. The van der Waals surface area contributed by atoms with E-state index in [0.717, 1.165) is 27.1 Å². The van der Waals surface area contributed by atoms with Gasteiger partial charge in [0.05, 0.1) is 18.0 Å². The highest BCUT2D eigenvalue weighted by Crippen LogP contribution is 2.25. The van der Waals surface area contributed by atoms with Crippen LogP contribution in [0.5, 0.6) is 5.75 Å². The number of hydrogen-bond donors (Lipinski definition) is 1. The first-order valence-electron chi connectivity index (χ1n) is 7.26. The summed E-state index contributed by atoms with van der Waals surface area (Å²) >= 11 is 1.49. The van der Waals surface area contributed by atoms with Crippen LogP contribution in [0.25, 0.3) is 4.96 Å². The van der Waals surface area contributed by atoms with Crippen molar-refractivity contribution in [1.29, 1.82) is 0 Å². The summed E-state index contributed by atoms with van der Waals surface area (Å²) in [6.07, 6.45) is 0. The van der Waals surface area contributed by atoms with E-state index in [0.29, 0.717) is 6.61 Å². The van der Waals surface area contributed by atoms with Gasteiger partial charge in [-0.1, -0.05) is 42.9 Å². The zero-order valence-corrected chi connectivity index (χ0v) is 13.7. The highest BCUT2D eigenvalue weighted by atomic mass is 32.1. The van der Waals surface area contributed by atoms with E-state index in [2.05, 4.69) is 23.9 Å². The van der Waals surface area contributed by atoms with Crippen LogP contribution in [0.3, 0.4) is 0 Å². The van der Waals surface area contributed by atoms with Gasteiger partial charge in [0.15, 0.2) is 5.01 Å². The maximum atomic E-state index is 9.57. The molecule has 0 aliphatic carbocycles. The van der Waals surface area contributed by atoms with Gasteiger partial charge in [0, 0.05) is 0 Å². The molecule has 0 fully saturated rings. The second-order valence-corrected chi connectivity index (χ2v) is 6.59. The van der Waals surface area contributed by atoms with Crippen molar-refractivity contribution in [2.75, 3.05) is 0 Å². The number of aliphatic hydroxyl groups excluding tert-OH is 1. The summed E-state index contributed by atoms with van der Waals surface area (Å²) in [5, 5.41) is 14.9. The van der Waals surface area contributed by atoms with E-state index in [1.807, 2.05) is 31.2 Å². The van der Waals surface area contributed by atoms with Gasteiger partial charge in [0.1, 0.15) is 12.4 Å². The van der Waals surface area contributed by atoms with Crippen LogP contribution in [-0.2, 0) is 13.2 Å². The molecule has 22 heavy (non-hydrogen) atoms. The van der Waals surface area contributed by atoms with E-state index in [1.54, 1.807) is 4.52 Å². The standard InChI is InChI=1S/C16H19N3O2S/c1-10(2)15-13(8-20)19-16(17-15)22-14(18-19)9-21-12-6-4-11(3)5-7-12/h4-7,10,20H,8-9H2,1-3H3. The molecular weight excluding hydrogens is 298 g/mol. The summed E-state index contributed by atoms with van der Waals surface area (Å²) in [6.45, 7) is 6.51. The second kappa shape index (κ2) is 6.06. The highest BCUT2D eigenvalue weighted by molar-refractivity contribution is 7.16. The van der Waals surface area contributed by atoms with E-state index in [1.165, 1.54) is 16.9 Å². The minimum Gasteiger partial charge on any atom is -0.486 e. The quantitative estimate of drug-likeness (QED) is 0.784. The lowest BCUT2D eigenvalue weighted by Gasteiger charge is -2.04. The monoisotopic (exact) mass is 317 g/mol. The van der Waals surface area contributed by atoms with E-state index in [4.69, 9.17) is 4.74 Å².